The summed E-state index contributed by atoms with van der Waals surface area (Å²) in [5, 5.41) is 8.51. The van der Waals surface area contributed by atoms with Crippen molar-refractivity contribution in [3.05, 3.63) is 60.2 Å². The van der Waals surface area contributed by atoms with Gasteiger partial charge in [0.1, 0.15) is 0 Å². The molecule has 2 nitrogen and oxygen atoms in total. The number of hydrogen-bond donors (Lipinski definition) is 0. The van der Waals surface area contributed by atoms with E-state index in [0.29, 0.717) is 0 Å². The van der Waals surface area contributed by atoms with Crippen LogP contribution in [-0.4, -0.2) is 0 Å². The first kappa shape index (κ1) is 14.7. The van der Waals surface area contributed by atoms with E-state index in [4.69, 9.17) is 11.6 Å². The third-order valence-electron chi connectivity index (χ3n) is 3.10. The van der Waals surface area contributed by atoms with Crippen LogP contribution in [-0.2, 0) is 0 Å². The Morgan fingerprint density at radius 2 is 1.50 bits per heavy atom. The average Bonchev–Trinajstić information content (AvgIpc) is 2.52. The number of alkyl halides is 1. The molecule has 104 valence electrons. The second-order valence-electron chi connectivity index (χ2n) is 4.74. The van der Waals surface area contributed by atoms with Gasteiger partial charge in [-0.3, -0.25) is 0 Å². The number of nitrogens with zero attached hydrogens (tertiary/aromatic N) is 2. The van der Waals surface area contributed by atoms with Crippen molar-refractivity contribution in [1.29, 1.82) is 0 Å². The van der Waals surface area contributed by atoms with Crippen LogP contribution in [0.15, 0.2) is 64.8 Å². The third kappa shape index (κ3) is 4.46. The fraction of sp³-hybridized carbons (Fsp3) is 0.294. The van der Waals surface area contributed by atoms with Gasteiger partial charge in [-0.1, -0.05) is 50.1 Å². The van der Waals surface area contributed by atoms with E-state index in [9.17, 15) is 0 Å². The Hall–Kier alpha value is -1.67. The summed E-state index contributed by atoms with van der Waals surface area (Å²) >= 11 is 6.36. The Bertz CT molecular complexity index is 535. The Kier molecular flexibility index (Phi) is 5.75. The van der Waals surface area contributed by atoms with Gasteiger partial charge in [-0.2, -0.15) is 10.2 Å². The smallest absolute Gasteiger partial charge is 0.0857 e. The highest BCUT2D eigenvalue weighted by Gasteiger charge is 2.06. The lowest BCUT2D eigenvalue weighted by Gasteiger charge is -2.08. The first-order chi connectivity index (χ1) is 9.79. The number of azo groups is 1. The van der Waals surface area contributed by atoms with E-state index in [-0.39, 0.29) is 5.38 Å². The molecule has 0 aliphatic heterocycles. The van der Waals surface area contributed by atoms with Gasteiger partial charge in [0.2, 0.25) is 0 Å². The number of unbranched alkanes of at least 4 members (excludes halogenated alkanes) is 1. The van der Waals surface area contributed by atoms with Gasteiger partial charge in [-0.25, -0.2) is 0 Å². The zero-order valence-corrected chi connectivity index (χ0v) is 12.4. The van der Waals surface area contributed by atoms with Gasteiger partial charge in [-0.15, -0.1) is 11.6 Å². The van der Waals surface area contributed by atoms with Crippen LogP contribution in [0.2, 0.25) is 0 Å². The van der Waals surface area contributed by atoms with Crippen LogP contribution >= 0.6 is 11.6 Å². The van der Waals surface area contributed by atoms with Crippen molar-refractivity contribution >= 4 is 23.0 Å². The molecule has 0 radical (unpaired) electrons. The van der Waals surface area contributed by atoms with E-state index in [1.54, 1.807) is 0 Å². The minimum atomic E-state index is 0.0927. The minimum absolute atomic E-state index is 0.0927. The van der Waals surface area contributed by atoms with Gasteiger partial charge in [-0.05, 0) is 36.2 Å². The van der Waals surface area contributed by atoms with Crippen LogP contribution in [0.25, 0.3) is 0 Å². The molecule has 0 aliphatic carbocycles. The van der Waals surface area contributed by atoms with Crippen LogP contribution in [0.3, 0.4) is 0 Å². The molecule has 2 rings (SSSR count). The maximum Gasteiger partial charge on any atom is 0.0857 e. The summed E-state index contributed by atoms with van der Waals surface area (Å²) in [6, 6.07) is 17.7. The van der Waals surface area contributed by atoms with Crippen molar-refractivity contribution < 1.29 is 0 Å². The summed E-state index contributed by atoms with van der Waals surface area (Å²) in [5.41, 5.74) is 2.85. The molecular weight excluding hydrogens is 268 g/mol. The molecule has 0 aliphatic rings. The lowest BCUT2D eigenvalue weighted by atomic mass is 10.1. The minimum Gasteiger partial charge on any atom is -0.151 e. The summed E-state index contributed by atoms with van der Waals surface area (Å²) in [5.74, 6) is 0. The van der Waals surface area contributed by atoms with Crippen molar-refractivity contribution in [2.75, 3.05) is 0 Å². The molecule has 0 heterocycles. The highest BCUT2D eigenvalue weighted by molar-refractivity contribution is 6.20. The third-order valence-corrected chi connectivity index (χ3v) is 3.57. The van der Waals surface area contributed by atoms with Gasteiger partial charge in [0.15, 0.2) is 0 Å². The van der Waals surface area contributed by atoms with Crippen molar-refractivity contribution in [1.82, 2.24) is 0 Å². The monoisotopic (exact) mass is 286 g/mol. The van der Waals surface area contributed by atoms with Crippen molar-refractivity contribution in [2.24, 2.45) is 10.2 Å². The van der Waals surface area contributed by atoms with Crippen LogP contribution in [0.5, 0.6) is 0 Å². The zero-order valence-electron chi connectivity index (χ0n) is 11.7. The fourth-order valence-electron chi connectivity index (χ4n) is 1.91. The van der Waals surface area contributed by atoms with Crippen molar-refractivity contribution in [3.8, 4) is 0 Å². The molecule has 1 atom stereocenters. The number of halogens is 1. The maximum atomic E-state index is 6.36. The Morgan fingerprint density at radius 3 is 2.10 bits per heavy atom. The van der Waals surface area contributed by atoms with Crippen LogP contribution in [0, 0.1) is 0 Å². The molecule has 0 amide bonds. The zero-order chi connectivity index (χ0) is 14.2. The average molecular weight is 287 g/mol. The van der Waals surface area contributed by atoms with Crippen molar-refractivity contribution in [3.63, 3.8) is 0 Å². The molecule has 0 saturated carbocycles. The second kappa shape index (κ2) is 7.81. The largest absolute Gasteiger partial charge is 0.151 e. The highest BCUT2D eigenvalue weighted by atomic mass is 35.5. The summed E-state index contributed by atoms with van der Waals surface area (Å²) in [7, 11) is 0. The molecule has 0 N–H and O–H groups in total. The van der Waals surface area contributed by atoms with Gasteiger partial charge >= 0.3 is 0 Å². The summed E-state index contributed by atoms with van der Waals surface area (Å²) in [6.45, 7) is 2.18. The number of benzene rings is 2. The lowest BCUT2D eigenvalue weighted by molar-refractivity contribution is 0.701. The Labute approximate surface area is 125 Å². The van der Waals surface area contributed by atoms with Gasteiger partial charge in [0.25, 0.3) is 0 Å². The molecular formula is C17H19ClN2. The van der Waals surface area contributed by atoms with Crippen LogP contribution in [0.4, 0.5) is 11.4 Å². The Morgan fingerprint density at radius 1 is 0.900 bits per heavy atom. The van der Waals surface area contributed by atoms with Gasteiger partial charge in [0.05, 0.1) is 16.8 Å². The standard InChI is InChI=1S/C17H19ClN2/c1-2-3-9-17(18)14-10-12-16(13-11-14)20-19-15-7-5-4-6-8-15/h4-8,10-13,17H,2-3,9H2,1H3. The van der Waals surface area contributed by atoms with Gasteiger partial charge < -0.3 is 0 Å². The molecule has 1 unspecified atom stereocenters. The first-order valence-electron chi connectivity index (χ1n) is 7.00. The summed E-state index contributed by atoms with van der Waals surface area (Å²) in [6.07, 6.45) is 3.35. The molecule has 0 bridgehead atoms. The topological polar surface area (TPSA) is 24.7 Å². The molecule has 3 heteroatoms. The molecule has 0 saturated heterocycles. The van der Waals surface area contributed by atoms with E-state index in [1.807, 2.05) is 54.6 Å². The van der Waals surface area contributed by atoms with E-state index < -0.39 is 0 Å². The van der Waals surface area contributed by atoms with Crippen LogP contribution in [0.1, 0.15) is 37.1 Å². The predicted octanol–water partition coefficient (Wildman–Crippen LogP) is 6.57. The quantitative estimate of drug-likeness (QED) is 0.424. The van der Waals surface area contributed by atoms with Crippen molar-refractivity contribution in [2.45, 2.75) is 31.6 Å². The van der Waals surface area contributed by atoms with E-state index in [2.05, 4.69) is 17.2 Å². The molecule has 0 spiro atoms. The molecule has 0 aromatic heterocycles. The fourth-order valence-corrected chi connectivity index (χ4v) is 2.21. The summed E-state index contributed by atoms with van der Waals surface area (Å²) in [4.78, 5) is 0. The summed E-state index contributed by atoms with van der Waals surface area (Å²) < 4.78 is 0. The Balaban J connectivity index is 1.99. The maximum absolute atomic E-state index is 6.36. The number of hydrogen-bond acceptors (Lipinski definition) is 2. The normalized spacial score (nSPS) is 12.7. The SMILES string of the molecule is CCCCC(Cl)c1ccc(N=Nc2ccccc2)cc1. The van der Waals surface area contributed by atoms with E-state index in [0.717, 1.165) is 29.8 Å². The molecule has 2 aromatic carbocycles. The second-order valence-corrected chi connectivity index (χ2v) is 5.26. The molecule has 2 aromatic rings. The molecule has 20 heavy (non-hydrogen) atoms. The van der Waals surface area contributed by atoms with Gasteiger partial charge in [0, 0.05) is 0 Å². The highest BCUT2D eigenvalue weighted by Crippen LogP contribution is 2.28. The first-order valence-corrected chi connectivity index (χ1v) is 7.44. The number of rotatable bonds is 6. The lowest BCUT2D eigenvalue weighted by Crippen LogP contribution is -1.89. The predicted molar refractivity (Wildman–Crippen MR) is 85.2 cm³/mol. The molecule has 0 fully saturated rings. The van der Waals surface area contributed by atoms with Crippen LogP contribution < -0.4 is 0 Å². The van der Waals surface area contributed by atoms with E-state index >= 15 is 0 Å². The van der Waals surface area contributed by atoms with E-state index in [1.165, 1.54) is 6.42 Å².